The van der Waals surface area contributed by atoms with Crippen LogP contribution in [-0.4, -0.2) is 24.1 Å². The van der Waals surface area contributed by atoms with E-state index < -0.39 is 0 Å². The van der Waals surface area contributed by atoms with Crippen molar-refractivity contribution in [1.82, 2.24) is 0 Å². The molecule has 0 saturated heterocycles. The van der Waals surface area contributed by atoms with Crippen molar-refractivity contribution in [1.29, 1.82) is 0 Å². The number of esters is 2. The van der Waals surface area contributed by atoms with Crippen LogP contribution in [0.15, 0.2) is 0 Å². The molecular formula is C14H22O4. The highest BCUT2D eigenvalue weighted by Gasteiger charge is 2.43. The summed E-state index contributed by atoms with van der Waals surface area (Å²) in [5.74, 6) is 0.354. The molecule has 0 radical (unpaired) electrons. The van der Waals surface area contributed by atoms with Gasteiger partial charge in [-0.2, -0.15) is 0 Å². The highest BCUT2D eigenvalue weighted by atomic mass is 16.6. The summed E-state index contributed by atoms with van der Waals surface area (Å²) in [5.41, 5.74) is 0. The monoisotopic (exact) mass is 254 g/mol. The number of fused-ring (bicyclic) bond motifs is 1. The minimum atomic E-state index is -0.199. The molecule has 4 heteroatoms. The summed E-state index contributed by atoms with van der Waals surface area (Å²) in [6.45, 7) is 2.94. The van der Waals surface area contributed by atoms with E-state index in [0.29, 0.717) is 11.8 Å². The Bertz CT molecular complexity index is 294. The third-order valence-electron chi connectivity index (χ3n) is 4.20. The molecule has 0 spiro atoms. The van der Waals surface area contributed by atoms with Gasteiger partial charge in [-0.1, -0.05) is 12.8 Å². The molecular weight excluding hydrogens is 232 g/mol. The van der Waals surface area contributed by atoms with E-state index in [9.17, 15) is 9.59 Å². The number of hydrogen-bond donors (Lipinski definition) is 0. The van der Waals surface area contributed by atoms with Crippen molar-refractivity contribution in [3.8, 4) is 0 Å². The fraction of sp³-hybridized carbons (Fsp3) is 0.857. The molecule has 2 aliphatic rings. The summed E-state index contributed by atoms with van der Waals surface area (Å²) in [6.07, 6.45) is 6.23. The molecule has 0 aromatic rings. The van der Waals surface area contributed by atoms with E-state index in [-0.39, 0.29) is 24.1 Å². The third kappa shape index (κ3) is 3.03. The van der Waals surface area contributed by atoms with Gasteiger partial charge in [-0.05, 0) is 25.7 Å². The molecule has 18 heavy (non-hydrogen) atoms. The SMILES string of the molecule is CC(=O)O[C@H]1CC[C@@H](OC(C)=O)[C@H]2CCCC[C@H]21. The maximum atomic E-state index is 11.1. The van der Waals surface area contributed by atoms with E-state index in [0.717, 1.165) is 25.7 Å². The Morgan fingerprint density at radius 1 is 0.778 bits per heavy atom. The average molecular weight is 254 g/mol. The molecule has 0 unspecified atom stereocenters. The number of rotatable bonds is 2. The first-order valence-electron chi connectivity index (χ1n) is 6.92. The molecule has 102 valence electrons. The molecule has 2 fully saturated rings. The second kappa shape index (κ2) is 5.72. The van der Waals surface area contributed by atoms with Crippen LogP contribution in [0.2, 0.25) is 0 Å². The van der Waals surface area contributed by atoms with Gasteiger partial charge in [-0.3, -0.25) is 9.59 Å². The Balaban J connectivity index is 2.05. The molecule has 0 bridgehead atoms. The van der Waals surface area contributed by atoms with Gasteiger partial charge in [-0.25, -0.2) is 0 Å². The smallest absolute Gasteiger partial charge is 0.302 e. The summed E-state index contributed by atoms with van der Waals surface area (Å²) >= 11 is 0. The molecule has 2 rings (SSSR count). The van der Waals surface area contributed by atoms with Crippen molar-refractivity contribution >= 4 is 11.9 Å². The minimum absolute atomic E-state index is 0.0274. The quantitative estimate of drug-likeness (QED) is 0.710. The van der Waals surface area contributed by atoms with Crippen LogP contribution in [0.1, 0.15) is 52.4 Å². The van der Waals surface area contributed by atoms with Gasteiger partial charge >= 0.3 is 11.9 Å². The molecule has 4 atom stereocenters. The van der Waals surface area contributed by atoms with Crippen LogP contribution in [0.5, 0.6) is 0 Å². The topological polar surface area (TPSA) is 52.6 Å². The zero-order valence-electron chi connectivity index (χ0n) is 11.2. The van der Waals surface area contributed by atoms with Crippen LogP contribution in [-0.2, 0) is 19.1 Å². The fourth-order valence-corrected chi connectivity index (χ4v) is 3.59. The van der Waals surface area contributed by atoms with Gasteiger partial charge in [0.2, 0.25) is 0 Å². The van der Waals surface area contributed by atoms with Crippen molar-refractivity contribution < 1.29 is 19.1 Å². The Labute approximate surface area is 108 Å². The van der Waals surface area contributed by atoms with Crippen LogP contribution in [0.25, 0.3) is 0 Å². The zero-order valence-corrected chi connectivity index (χ0v) is 11.2. The lowest BCUT2D eigenvalue weighted by molar-refractivity contribution is -0.169. The van der Waals surface area contributed by atoms with Crippen LogP contribution in [0, 0.1) is 11.8 Å². The van der Waals surface area contributed by atoms with E-state index in [4.69, 9.17) is 9.47 Å². The number of ether oxygens (including phenoxy) is 2. The maximum absolute atomic E-state index is 11.1. The fourth-order valence-electron chi connectivity index (χ4n) is 3.59. The normalized spacial score (nSPS) is 35.4. The Morgan fingerprint density at radius 2 is 1.17 bits per heavy atom. The lowest BCUT2D eigenvalue weighted by Gasteiger charge is -2.44. The lowest BCUT2D eigenvalue weighted by atomic mass is 9.68. The molecule has 0 amide bonds. The van der Waals surface area contributed by atoms with Gasteiger partial charge in [0.05, 0.1) is 0 Å². The van der Waals surface area contributed by atoms with E-state index in [1.807, 2.05) is 0 Å². The predicted molar refractivity (Wildman–Crippen MR) is 65.8 cm³/mol. The van der Waals surface area contributed by atoms with Crippen molar-refractivity contribution in [3.63, 3.8) is 0 Å². The van der Waals surface area contributed by atoms with E-state index in [2.05, 4.69) is 0 Å². The van der Waals surface area contributed by atoms with Crippen LogP contribution in [0.4, 0.5) is 0 Å². The first-order chi connectivity index (χ1) is 8.58. The summed E-state index contributed by atoms with van der Waals surface area (Å²) in [6, 6.07) is 0. The summed E-state index contributed by atoms with van der Waals surface area (Å²) < 4.78 is 10.9. The zero-order chi connectivity index (χ0) is 13.1. The minimum Gasteiger partial charge on any atom is -0.462 e. The van der Waals surface area contributed by atoms with E-state index in [1.165, 1.54) is 26.7 Å². The van der Waals surface area contributed by atoms with E-state index in [1.54, 1.807) is 0 Å². The van der Waals surface area contributed by atoms with Crippen molar-refractivity contribution in [2.75, 3.05) is 0 Å². The van der Waals surface area contributed by atoms with Crippen molar-refractivity contribution in [3.05, 3.63) is 0 Å². The Kier molecular flexibility index (Phi) is 4.25. The number of carbonyl (C=O) groups excluding carboxylic acids is 2. The summed E-state index contributed by atoms with van der Waals surface area (Å²) in [7, 11) is 0. The Morgan fingerprint density at radius 3 is 1.50 bits per heavy atom. The molecule has 0 heterocycles. The maximum Gasteiger partial charge on any atom is 0.302 e. The standard InChI is InChI=1S/C14H22O4/c1-9(15)17-13-7-8-14(18-10(2)16)12-6-4-3-5-11(12)13/h11-14H,3-8H2,1-2H3/t11-,12+,13+,14-. The summed E-state index contributed by atoms with van der Waals surface area (Å²) in [4.78, 5) is 22.3. The van der Waals surface area contributed by atoms with Gasteiger partial charge in [0.15, 0.2) is 0 Å². The number of hydrogen-bond acceptors (Lipinski definition) is 4. The first kappa shape index (κ1) is 13.4. The van der Waals surface area contributed by atoms with Crippen LogP contribution in [0.3, 0.4) is 0 Å². The molecule has 2 aliphatic carbocycles. The van der Waals surface area contributed by atoms with Crippen LogP contribution >= 0.6 is 0 Å². The first-order valence-corrected chi connectivity index (χ1v) is 6.92. The second-order valence-corrected chi connectivity index (χ2v) is 5.49. The van der Waals surface area contributed by atoms with Gasteiger partial charge in [-0.15, -0.1) is 0 Å². The second-order valence-electron chi connectivity index (χ2n) is 5.49. The third-order valence-corrected chi connectivity index (χ3v) is 4.20. The summed E-state index contributed by atoms with van der Waals surface area (Å²) in [5, 5.41) is 0. The van der Waals surface area contributed by atoms with Gasteiger partial charge in [0.25, 0.3) is 0 Å². The molecule has 0 N–H and O–H groups in total. The van der Waals surface area contributed by atoms with Gasteiger partial charge < -0.3 is 9.47 Å². The molecule has 2 saturated carbocycles. The van der Waals surface area contributed by atoms with E-state index >= 15 is 0 Å². The van der Waals surface area contributed by atoms with Crippen molar-refractivity contribution in [2.45, 2.75) is 64.6 Å². The largest absolute Gasteiger partial charge is 0.462 e. The lowest BCUT2D eigenvalue weighted by Crippen LogP contribution is -2.45. The molecule has 4 nitrogen and oxygen atoms in total. The number of carbonyl (C=O) groups is 2. The molecule has 0 aromatic heterocycles. The van der Waals surface area contributed by atoms with Gasteiger partial charge in [0, 0.05) is 25.7 Å². The predicted octanol–water partition coefficient (Wildman–Crippen LogP) is 2.45. The molecule has 0 aliphatic heterocycles. The highest BCUT2D eigenvalue weighted by molar-refractivity contribution is 5.66. The highest BCUT2D eigenvalue weighted by Crippen LogP contribution is 2.43. The van der Waals surface area contributed by atoms with Gasteiger partial charge in [0.1, 0.15) is 12.2 Å². The van der Waals surface area contributed by atoms with Crippen molar-refractivity contribution in [2.24, 2.45) is 11.8 Å². The van der Waals surface area contributed by atoms with Crippen LogP contribution < -0.4 is 0 Å². The Hall–Kier alpha value is -1.06. The average Bonchev–Trinajstić information content (AvgIpc) is 2.31. The molecule has 0 aromatic carbocycles.